The molecule has 0 saturated heterocycles. The van der Waals surface area contributed by atoms with Crippen LogP contribution in [-0.2, 0) is 6.42 Å². The molecule has 1 nitrogen and oxygen atoms in total. The summed E-state index contributed by atoms with van der Waals surface area (Å²) in [6.45, 7) is 5.26. The first kappa shape index (κ1) is 13.6. The molecule has 2 heteroatoms. The Morgan fingerprint density at radius 2 is 2.00 bits per heavy atom. The van der Waals surface area contributed by atoms with Crippen LogP contribution in [0.3, 0.4) is 0 Å². The van der Waals surface area contributed by atoms with Crippen molar-refractivity contribution >= 4 is 15.9 Å². The minimum absolute atomic E-state index is 0.730. The first-order chi connectivity index (χ1) is 7.77. The largest absolute Gasteiger partial charge is 0.493 e. The van der Waals surface area contributed by atoms with Crippen molar-refractivity contribution in [1.29, 1.82) is 0 Å². The lowest BCUT2D eigenvalue weighted by Crippen LogP contribution is -2.05. The van der Waals surface area contributed by atoms with Crippen LogP contribution in [0, 0.1) is 5.92 Å². The van der Waals surface area contributed by atoms with Crippen molar-refractivity contribution in [1.82, 2.24) is 0 Å². The third kappa shape index (κ3) is 4.56. The predicted molar refractivity (Wildman–Crippen MR) is 73.5 cm³/mol. The van der Waals surface area contributed by atoms with Crippen LogP contribution < -0.4 is 4.74 Å². The van der Waals surface area contributed by atoms with Crippen LogP contribution in [0.4, 0.5) is 0 Å². The molecule has 0 aliphatic rings. The van der Waals surface area contributed by atoms with Gasteiger partial charge in [-0.25, -0.2) is 0 Å². The number of benzene rings is 1. The number of alkyl halides is 1. The molecule has 1 rings (SSSR count). The van der Waals surface area contributed by atoms with Gasteiger partial charge in [-0.05, 0) is 36.8 Å². The van der Waals surface area contributed by atoms with Gasteiger partial charge in [0.15, 0.2) is 0 Å². The number of aryl methyl sites for hydroxylation is 1. The van der Waals surface area contributed by atoms with Gasteiger partial charge < -0.3 is 4.74 Å². The van der Waals surface area contributed by atoms with Crippen molar-refractivity contribution in [2.24, 2.45) is 5.92 Å². The van der Waals surface area contributed by atoms with Crippen molar-refractivity contribution < 1.29 is 4.74 Å². The standard InChI is InChI=1S/C14H21BrO/c1-3-13-6-4-5-7-14(13)16-11-9-12(2)8-10-15/h4-7,12H,3,8-11H2,1-2H3. The fourth-order valence-electron chi connectivity index (χ4n) is 1.64. The number of halogens is 1. The topological polar surface area (TPSA) is 9.23 Å². The zero-order valence-corrected chi connectivity index (χ0v) is 11.8. The molecule has 0 bridgehead atoms. The number of hydrogen-bond acceptors (Lipinski definition) is 1. The van der Waals surface area contributed by atoms with E-state index in [0.29, 0.717) is 0 Å². The molecule has 0 heterocycles. The molecule has 0 aliphatic heterocycles. The highest BCUT2D eigenvalue weighted by atomic mass is 79.9. The average molecular weight is 285 g/mol. The summed E-state index contributed by atoms with van der Waals surface area (Å²) in [4.78, 5) is 0. The molecule has 1 aromatic rings. The highest BCUT2D eigenvalue weighted by Gasteiger charge is 2.03. The van der Waals surface area contributed by atoms with Gasteiger partial charge in [-0.3, -0.25) is 0 Å². The van der Waals surface area contributed by atoms with E-state index in [-0.39, 0.29) is 0 Å². The molecule has 16 heavy (non-hydrogen) atoms. The molecular weight excluding hydrogens is 264 g/mol. The zero-order chi connectivity index (χ0) is 11.8. The lowest BCUT2D eigenvalue weighted by Gasteiger charge is -2.13. The quantitative estimate of drug-likeness (QED) is 0.673. The zero-order valence-electron chi connectivity index (χ0n) is 10.2. The third-order valence-electron chi connectivity index (χ3n) is 2.82. The van der Waals surface area contributed by atoms with Crippen LogP contribution in [0.2, 0.25) is 0 Å². The van der Waals surface area contributed by atoms with E-state index in [4.69, 9.17) is 4.74 Å². The number of rotatable bonds is 7. The van der Waals surface area contributed by atoms with Crippen LogP contribution in [0.1, 0.15) is 32.3 Å². The van der Waals surface area contributed by atoms with E-state index < -0.39 is 0 Å². The molecule has 0 aliphatic carbocycles. The molecule has 0 spiro atoms. The van der Waals surface area contributed by atoms with E-state index in [1.165, 1.54) is 12.0 Å². The smallest absolute Gasteiger partial charge is 0.122 e. The molecule has 90 valence electrons. The summed E-state index contributed by atoms with van der Waals surface area (Å²) in [5.41, 5.74) is 1.30. The minimum Gasteiger partial charge on any atom is -0.493 e. The second-order valence-corrected chi connectivity index (χ2v) is 4.97. The van der Waals surface area contributed by atoms with Crippen LogP contribution in [0.25, 0.3) is 0 Å². The summed E-state index contributed by atoms with van der Waals surface area (Å²) in [5.74, 6) is 1.78. The minimum atomic E-state index is 0.730. The Balaban J connectivity index is 2.36. The van der Waals surface area contributed by atoms with E-state index in [9.17, 15) is 0 Å². The van der Waals surface area contributed by atoms with Gasteiger partial charge in [-0.15, -0.1) is 0 Å². The summed E-state index contributed by atoms with van der Waals surface area (Å²) in [7, 11) is 0. The molecule has 0 saturated carbocycles. The van der Waals surface area contributed by atoms with Gasteiger partial charge in [0.25, 0.3) is 0 Å². The molecule has 1 atom stereocenters. The second-order valence-electron chi connectivity index (χ2n) is 4.18. The van der Waals surface area contributed by atoms with Gasteiger partial charge in [-0.1, -0.05) is 48.0 Å². The van der Waals surface area contributed by atoms with E-state index in [1.54, 1.807) is 0 Å². The molecular formula is C14H21BrO. The van der Waals surface area contributed by atoms with Crippen molar-refractivity contribution in [3.8, 4) is 5.75 Å². The summed E-state index contributed by atoms with van der Waals surface area (Å²) in [5, 5.41) is 1.08. The maximum absolute atomic E-state index is 5.83. The van der Waals surface area contributed by atoms with Gasteiger partial charge in [0, 0.05) is 5.33 Å². The van der Waals surface area contributed by atoms with E-state index >= 15 is 0 Å². The number of para-hydroxylation sites is 1. The Morgan fingerprint density at radius 1 is 1.25 bits per heavy atom. The first-order valence-corrected chi connectivity index (χ1v) is 7.16. The van der Waals surface area contributed by atoms with Crippen molar-refractivity contribution in [3.63, 3.8) is 0 Å². The lowest BCUT2D eigenvalue weighted by molar-refractivity contribution is 0.280. The number of hydrogen-bond donors (Lipinski definition) is 0. The molecule has 0 amide bonds. The molecule has 0 fully saturated rings. The normalized spacial score (nSPS) is 12.4. The molecule has 0 aromatic heterocycles. The Labute approximate surface area is 107 Å². The number of ether oxygens (including phenoxy) is 1. The van der Waals surface area contributed by atoms with E-state index in [1.807, 2.05) is 6.07 Å². The van der Waals surface area contributed by atoms with Gasteiger partial charge in [-0.2, -0.15) is 0 Å². The monoisotopic (exact) mass is 284 g/mol. The van der Waals surface area contributed by atoms with Gasteiger partial charge in [0.05, 0.1) is 6.61 Å². The van der Waals surface area contributed by atoms with Crippen LogP contribution in [0.15, 0.2) is 24.3 Å². The maximum atomic E-state index is 5.83. The first-order valence-electron chi connectivity index (χ1n) is 6.04. The average Bonchev–Trinajstić information content (AvgIpc) is 2.30. The Hall–Kier alpha value is -0.500. The van der Waals surface area contributed by atoms with E-state index in [0.717, 1.165) is 36.4 Å². The Morgan fingerprint density at radius 3 is 2.69 bits per heavy atom. The van der Waals surface area contributed by atoms with Gasteiger partial charge >= 0.3 is 0 Å². The lowest BCUT2D eigenvalue weighted by atomic mass is 10.1. The predicted octanol–water partition coefficient (Wildman–Crippen LogP) is 4.44. The van der Waals surface area contributed by atoms with Crippen molar-refractivity contribution in [3.05, 3.63) is 29.8 Å². The van der Waals surface area contributed by atoms with Crippen LogP contribution >= 0.6 is 15.9 Å². The van der Waals surface area contributed by atoms with Crippen molar-refractivity contribution in [2.45, 2.75) is 33.1 Å². The molecule has 1 unspecified atom stereocenters. The summed E-state index contributed by atoms with van der Waals surface area (Å²) in [6, 6.07) is 8.31. The summed E-state index contributed by atoms with van der Waals surface area (Å²) >= 11 is 3.47. The fourth-order valence-corrected chi connectivity index (χ4v) is 2.42. The fraction of sp³-hybridized carbons (Fsp3) is 0.571. The molecule has 0 N–H and O–H groups in total. The highest BCUT2D eigenvalue weighted by Crippen LogP contribution is 2.19. The Bertz CT molecular complexity index is 299. The molecule has 1 aromatic carbocycles. The summed E-state index contributed by atoms with van der Waals surface area (Å²) < 4.78 is 5.83. The van der Waals surface area contributed by atoms with Crippen LogP contribution in [0.5, 0.6) is 5.75 Å². The van der Waals surface area contributed by atoms with Crippen molar-refractivity contribution in [2.75, 3.05) is 11.9 Å². The maximum Gasteiger partial charge on any atom is 0.122 e. The summed E-state index contributed by atoms with van der Waals surface area (Å²) in [6.07, 6.45) is 3.38. The van der Waals surface area contributed by atoms with Gasteiger partial charge in [0.2, 0.25) is 0 Å². The second kappa shape index (κ2) is 7.72. The Kier molecular flexibility index (Phi) is 6.55. The van der Waals surface area contributed by atoms with E-state index in [2.05, 4.69) is 48.0 Å². The SMILES string of the molecule is CCc1ccccc1OCCC(C)CCBr. The third-order valence-corrected chi connectivity index (χ3v) is 3.28. The van der Waals surface area contributed by atoms with Crippen LogP contribution in [-0.4, -0.2) is 11.9 Å². The highest BCUT2D eigenvalue weighted by molar-refractivity contribution is 9.09. The van der Waals surface area contributed by atoms with Gasteiger partial charge in [0.1, 0.15) is 5.75 Å². The molecule has 0 radical (unpaired) electrons.